The molecule has 3 rings (SSSR count). The summed E-state index contributed by atoms with van der Waals surface area (Å²) in [5.74, 6) is -0.576. The third-order valence-corrected chi connectivity index (χ3v) is 5.77. The molecule has 0 heterocycles. The number of nitrogens with one attached hydrogen (secondary N) is 1. The first-order valence-electron chi connectivity index (χ1n) is 8.50. The van der Waals surface area contributed by atoms with E-state index < -0.39 is 22.1 Å². The largest absolute Gasteiger partial charge is 0.454 e. The van der Waals surface area contributed by atoms with E-state index in [0.29, 0.717) is 10.6 Å². The van der Waals surface area contributed by atoms with Gasteiger partial charge in [-0.05, 0) is 43.3 Å². The summed E-state index contributed by atoms with van der Waals surface area (Å²) < 4.78 is 32.8. The summed E-state index contributed by atoms with van der Waals surface area (Å²) in [4.78, 5) is 12.6. The Balaban J connectivity index is 1.76. The average molecular weight is 416 g/mol. The third-order valence-electron chi connectivity index (χ3n) is 4.03. The molecule has 0 aliphatic heterocycles. The number of ether oxygens (including phenoxy) is 1. The number of benzene rings is 3. The Bertz CT molecular complexity index is 1080. The van der Waals surface area contributed by atoms with Gasteiger partial charge in [-0.25, -0.2) is 13.2 Å². The van der Waals surface area contributed by atoms with Crippen molar-refractivity contribution in [2.45, 2.75) is 17.9 Å². The van der Waals surface area contributed by atoms with E-state index in [2.05, 4.69) is 4.72 Å². The molecule has 1 N–H and O–H groups in total. The number of carbonyl (C=O) groups is 1. The molecule has 7 heteroatoms. The van der Waals surface area contributed by atoms with Crippen molar-refractivity contribution < 1.29 is 17.9 Å². The van der Waals surface area contributed by atoms with Gasteiger partial charge in [-0.1, -0.05) is 54.1 Å². The summed E-state index contributed by atoms with van der Waals surface area (Å²) in [7, 11) is -3.75. The molecule has 0 saturated carbocycles. The van der Waals surface area contributed by atoms with Crippen LogP contribution in [0.3, 0.4) is 0 Å². The molecule has 0 spiro atoms. The lowest BCUT2D eigenvalue weighted by Crippen LogP contribution is -2.14. The normalized spacial score (nSPS) is 12.2. The molecule has 0 unspecified atom stereocenters. The van der Waals surface area contributed by atoms with Gasteiger partial charge in [0.25, 0.3) is 10.0 Å². The molecule has 0 radical (unpaired) electrons. The van der Waals surface area contributed by atoms with Crippen LogP contribution in [0.25, 0.3) is 0 Å². The number of anilines is 1. The second kappa shape index (κ2) is 8.46. The molecule has 3 aromatic carbocycles. The Labute approximate surface area is 169 Å². The molecule has 144 valence electrons. The lowest BCUT2D eigenvalue weighted by molar-refractivity contribution is 0.0338. The van der Waals surface area contributed by atoms with Gasteiger partial charge in [0.05, 0.1) is 10.5 Å². The van der Waals surface area contributed by atoms with Crippen LogP contribution in [-0.4, -0.2) is 14.4 Å². The third kappa shape index (κ3) is 4.71. The molecule has 1 atom stereocenters. The molecule has 0 bridgehead atoms. The van der Waals surface area contributed by atoms with Crippen molar-refractivity contribution in [3.63, 3.8) is 0 Å². The van der Waals surface area contributed by atoms with Crippen LogP contribution in [0.5, 0.6) is 0 Å². The standard InChI is InChI=1S/C21H18ClNO4S/c1-15(19-12-5-6-13-20(19)22)27-21(24)16-8-7-9-17(14-16)23-28(25,26)18-10-3-2-4-11-18/h2-15,23H,1H3/t15-/m1/s1. The maximum Gasteiger partial charge on any atom is 0.338 e. The smallest absolute Gasteiger partial charge is 0.338 e. The monoisotopic (exact) mass is 415 g/mol. The van der Waals surface area contributed by atoms with Crippen LogP contribution < -0.4 is 4.72 Å². The van der Waals surface area contributed by atoms with E-state index in [1.165, 1.54) is 18.2 Å². The summed E-state index contributed by atoms with van der Waals surface area (Å²) in [6.07, 6.45) is -0.550. The molecule has 0 amide bonds. The summed E-state index contributed by atoms with van der Waals surface area (Å²) in [6.45, 7) is 1.72. The maximum absolute atomic E-state index is 12.5. The number of sulfonamides is 1. The highest BCUT2D eigenvalue weighted by molar-refractivity contribution is 7.92. The van der Waals surface area contributed by atoms with E-state index in [1.807, 2.05) is 6.07 Å². The van der Waals surface area contributed by atoms with Crippen molar-refractivity contribution in [2.75, 3.05) is 4.72 Å². The van der Waals surface area contributed by atoms with E-state index in [-0.39, 0.29) is 16.1 Å². The lowest BCUT2D eigenvalue weighted by Gasteiger charge is -2.15. The highest BCUT2D eigenvalue weighted by atomic mass is 35.5. The first-order valence-corrected chi connectivity index (χ1v) is 10.4. The second-order valence-electron chi connectivity index (χ2n) is 6.07. The van der Waals surface area contributed by atoms with E-state index in [9.17, 15) is 13.2 Å². The van der Waals surface area contributed by atoms with E-state index in [0.717, 1.165) is 0 Å². The van der Waals surface area contributed by atoms with Gasteiger partial charge in [0.2, 0.25) is 0 Å². The Kier molecular flexibility index (Phi) is 6.02. The van der Waals surface area contributed by atoms with Gasteiger partial charge in [0.15, 0.2) is 0 Å². The predicted molar refractivity (Wildman–Crippen MR) is 109 cm³/mol. The van der Waals surface area contributed by atoms with E-state index in [1.54, 1.807) is 61.5 Å². The van der Waals surface area contributed by atoms with Crippen LogP contribution in [0.4, 0.5) is 5.69 Å². The topological polar surface area (TPSA) is 72.5 Å². The summed E-state index contributed by atoms with van der Waals surface area (Å²) in [5.41, 5.74) is 1.19. The van der Waals surface area contributed by atoms with Crippen LogP contribution in [-0.2, 0) is 14.8 Å². The average Bonchev–Trinajstić information content (AvgIpc) is 2.69. The quantitative estimate of drug-likeness (QED) is 0.571. The van der Waals surface area contributed by atoms with Crippen molar-refractivity contribution in [1.29, 1.82) is 0 Å². The van der Waals surface area contributed by atoms with Crippen molar-refractivity contribution in [1.82, 2.24) is 0 Å². The first-order chi connectivity index (χ1) is 13.4. The van der Waals surface area contributed by atoms with Gasteiger partial charge in [0, 0.05) is 16.3 Å². The minimum absolute atomic E-state index is 0.135. The zero-order chi connectivity index (χ0) is 20.1. The van der Waals surface area contributed by atoms with Crippen LogP contribution in [0.2, 0.25) is 5.02 Å². The van der Waals surface area contributed by atoms with Crippen molar-refractivity contribution >= 4 is 33.3 Å². The zero-order valence-corrected chi connectivity index (χ0v) is 16.6. The number of hydrogen-bond acceptors (Lipinski definition) is 4. The number of rotatable bonds is 6. The van der Waals surface area contributed by atoms with Gasteiger partial charge in [0.1, 0.15) is 6.10 Å². The Morgan fingerprint density at radius 3 is 2.36 bits per heavy atom. The van der Waals surface area contributed by atoms with Gasteiger partial charge in [-0.3, -0.25) is 4.72 Å². The molecule has 0 aliphatic rings. The van der Waals surface area contributed by atoms with Gasteiger partial charge >= 0.3 is 5.97 Å². The molecule has 5 nitrogen and oxygen atoms in total. The van der Waals surface area contributed by atoms with E-state index in [4.69, 9.17) is 16.3 Å². The number of carbonyl (C=O) groups excluding carboxylic acids is 1. The SMILES string of the molecule is C[C@@H](OC(=O)c1cccc(NS(=O)(=O)c2ccccc2)c1)c1ccccc1Cl. The van der Waals surface area contributed by atoms with Crippen molar-refractivity contribution in [3.05, 3.63) is 95.0 Å². The predicted octanol–water partition coefficient (Wildman–Crippen LogP) is 5.06. The Morgan fingerprint density at radius 2 is 1.64 bits per heavy atom. The lowest BCUT2D eigenvalue weighted by atomic mass is 10.1. The molecule has 0 fully saturated rings. The minimum Gasteiger partial charge on any atom is -0.454 e. The number of halogens is 1. The maximum atomic E-state index is 12.5. The molecular weight excluding hydrogens is 398 g/mol. The molecule has 3 aromatic rings. The Hall–Kier alpha value is -2.83. The van der Waals surface area contributed by atoms with Crippen molar-refractivity contribution in [3.8, 4) is 0 Å². The molecule has 28 heavy (non-hydrogen) atoms. The molecule has 0 saturated heterocycles. The second-order valence-corrected chi connectivity index (χ2v) is 8.16. The Morgan fingerprint density at radius 1 is 0.964 bits per heavy atom. The zero-order valence-electron chi connectivity index (χ0n) is 15.0. The first kappa shape index (κ1) is 19.9. The highest BCUT2D eigenvalue weighted by Gasteiger charge is 2.18. The van der Waals surface area contributed by atoms with Gasteiger partial charge < -0.3 is 4.74 Å². The summed E-state index contributed by atoms with van der Waals surface area (Å²) >= 11 is 6.14. The minimum atomic E-state index is -3.75. The van der Waals surface area contributed by atoms with Crippen LogP contribution in [0, 0.1) is 0 Å². The molecule has 0 aliphatic carbocycles. The fraction of sp³-hybridized carbons (Fsp3) is 0.0952. The van der Waals surface area contributed by atoms with Gasteiger partial charge in [-0.15, -0.1) is 0 Å². The highest BCUT2D eigenvalue weighted by Crippen LogP contribution is 2.26. The van der Waals surface area contributed by atoms with Crippen molar-refractivity contribution in [2.24, 2.45) is 0 Å². The fourth-order valence-corrected chi connectivity index (χ4v) is 3.98. The summed E-state index contributed by atoms with van der Waals surface area (Å²) in [5, 5.41) is 0.507. The van der Waals surface area contributed by atoms with Crippen LogP contribution in [0.15, 0.2) is 83.8 Å². The summed E-state index contributed by atoms with van der Waals surface area (Å²) in [6, 6.07) is 21.2. The van der Waals surface area contributed by atoms with Crippen LogP contribution >= 0.6 is 11.6 Å². The van der Waals surface area contributed by atoms with Crippen LogP contribution in [0.1, 0.15) is 28.9 Å². The fourth-order valence-electron chi connectivity index (χ4n) is 2.62. The number of esters is 1. The number of hydrogen-bond donors (Lipinski definition) is 1. The molecular formula is C21H18ClNO4S. The van der Waals surface area contributed by atoms with E-state index >= 15 is 0 Å². The molecule has 0 aromatic heterocycles. The van der Waals surface area contributed by atoms with Gasteiger partial charge in [-0.2, -0.15) is 0 Å².